The van der Waals surface area contributed by atoms with Crippen molar-refractivity contribution in [1.82, 2.24) is 15.6 Å². The number of nitrogens with one attached hydrogen (secondary N) is 2. The van der Waals surface area contributed by atoms with Gasteiger partial charge in [-0.2, -0.15) is 5.10 Å². The minimum absolute atomic E-state index is 0.190. The Bertz CT molecular complexity index is 112. The summed E-state index contributed by atoms with van der Waals surface area (Å²) in [6.45, 7) is 0.901. The summed E-state index contributed by atoms with van der Waals surface area (Å²) in [6.07, 6.45) is 2.03. The Balaban J connectivity index is 2.43. The van der Waals surface area contributed by atoms with Crippen molar-refractivity contribution in [2.24, 2.45) is 5.10 Å². The summed E-state index contributed by atoms with van der Waals surface area (Å²) in [5.74, 6) is 0. The van der Waals surface area contributed by atoms with E-state index < -0.39 is 0 Å². The van der Waals surface area contributed by atoms with E-state index in [0.29, 0.717) is 0 Å². The van der Waals surface area contributed by atoms with Crippen LogP contribution in [0.5, 0.6) is 0 Å². The van der Waals surface area contributed by atoms with Crippen LogP contribution in [0, 0.1) is 0 Å². The molecule has 1 atom stereocenters. The van der Waals surface area contributed by atoms with Crippen LogP contribution >= 0.6 is 0 Å². The van der Waals surface area contributed by atoms with Crippen molar-refractivity contribution in [3.05, 3.63) is 0 Å². The molecule has 2 N–H and O–H groups in total. The van der Waals surface area contributed by atoms with Gasteiger partial charge in [-0.05, 0) is 14.1 Å². The third-order valence-electron chi connectivity index (χ3n) is 1.37. The van der Waals surface area contributed by atoms with Gasteiger partial charge in [-0.3, -0.25) is 15.6 Å². The fourth-order valence-electron chi connectivity index (χ4n) is 0.782. The van der Waals surface area contributed by atoms with E-state index in [-0.39, 0.29) is 6.29 Å². The molecule has 0 aromatic rings. The Labute approximate surface area is 54.9 Å². The third kappa shape index (κ3) is 1.40. The highest BCUT2D eigenvalue weighted by atomic mass is 15.5. The molecule has 0 spiro atoms. The van der Waals surface area contributed by atoms with E-state index >= 15 is 0 Å². The van der Waals surface area contributed by atoms with Gasteiger partial charge in [-0.15, -0.1) is 0 Å². The monoisotopic (exact) mass is 128 g/mol. The number of hydrogen-bond donors (Lipinski definition) is 2. The van der Waals surface area contributed by atoms with E-state index in [9.17, 15) is 0 Å². The molecule has 4 nitrogen and oxygen atoms in total. The zero-order valence-electron chi connectivity index (χ0n) is 5.76. The van der Waals surface area contributed by atoms with Crippen LogP contribution < -0.4 is 10.7 Å². The minimum Gasteiger partial charge on any atom is -0.287 e. The molecule has 1 aliphatic rings. The van der Waals surface area contributed by atoms with Gasteiger partial charge in [0.15, 0.2) is 0 Å². The predicted molar refractivity (Wildman–Crippen MR) is 37.1 cm³/mol. The Hall–Kier alpha value is -0.610. The predicted octanol–water partition coefficient (Wildman–Crippen LogP) is -0.990. The number of hydrazone groups is 1. The van der Waals surface area contributed by atoms with Crippen molar-refractivity contribution in [3.63, 3.8) is 0 Å². The van der Waals surface area contributed by atoms with Crippen molar-refractivity contribution in [2.45, 2.75) is 6.29 Å². The van der Waals surface area contributed by atoms with Gasteiger partial charge in [0, 0.05) is 12.8 Å². The van der Waals surface area contributed by atoms with Gasteiger partial charge >= 0.3 is 0 Å². The lowest BCUT2D eigenvalue weighted by Gasteiger charge is -2.28. The minimum atomic E-state index is 0.190. The second-order valence-corrected chi connectivity index (χ2v) is 2.07. The smallest absolute Gasteiger partial charge is 0.150 e. The molecule has 0 saturated heterocycles. The van der Waals surface area contributed by atoms with Crippen LogP contribution in [0.15, 0.2) is 5.10 Å². The summed E-state index contributed by atoms with van der Waals surface area (Å²) in [5.41, 5.74) is 2.90. The molecule has 4 heteroatoms. The van der Waals surface area contributed by atoms with Gasteiger partial charge in [0.05, 0.1) is 0 Å². The van der Waals surface area contributed by atoms with Crippen LogP contribution in [0.3, 0.4) is 0 Å². The first-order chi connectivity index (χ1) is 4.34. The number of rotatable bonds is 1. The van der Waals surface area contributed by atoms with Gasteiger partial charge in [0.25, 0.3) is 0 Å². The van der Waals surface area contributed by atoms with E-state index in [4.69, 9.17) is 0 Å². The zero-order valence-corrected chi connectivity index (χ0v) is 5.76. The molecule has 0 saturated carbocycles. The van der Waals surface area contributed by atoms with E-state index in [2.05, 4.69) is 20.7 Å². The first-order valence-electron chi connectivity index (χ1n) is 2.99. The van der Waals surface area contributed by atoms with E-state index in [1.807, 2.05) is 20.3 Å². The van der Waals surface area contributed by atoms with Crippen LogP contribution in [0.25, 0.3) is 0 Å². The van der Waals surface area contributed by atoms with Crippen molar-refractivity contribution in [1.29, 1.82) is 0 Å². The maximum Gasteiger partial charge on any atom is 0.150 e. The first-order valence-corrected chi connectivity index (χ1v) is 2.99. The normalized spacial score (nSPS) is 28.0. The van der Waals surface area contributed by atoms with Crippen molar-refractivity contribution in [2.75, 3.05) is 20.6 Å². The maximum absolute atomic E-state index is 3.90. The van der Waals surface area contributed by atoms with Gasteiger partial charge in [-0.1, -0.05) is 0 Å². The van der Waals surface area contributed by atoms with E-state index in [0.717, 1.165) is 6.54 Å². The van der Waals surface area contributed by atoms with Gasteiger partial charge < -0.3 is 0 Å². The van der Waals surface area contributed by atoms with Gasteiger partial charge in [-0.25, -0.2) is 0 Å². The Kier molecular flexibility index (Phi) is 2.02. The molecule has 0 bridgehead atoms. The summed E-state index contributed by atoms with van der Waals surface area (Å²) in [5, 5.41) is 6.96. The summed E-state index contributed by atoms with van der Waals surface area (Å²) >= 11 is 0. The average Bonchev–Trinajstić information content (AvgIpc) is 1.89. The fourth-order valence-corrected chi connectivity index (χ4v) is 0.782. The average molecular weight is 128 g/mol. The van der Waals surface area contributed by atoms with Crippen LogP contribution in [0.2, 0.25) is 0 Å². The Morgan fingerprint density at radius 3 is 3.11 bits per heavy atom. The Morgan fingerprint density at radius 1 is 1.89 bits per heavy atom. The molecule has 1 rings (SSSR count). The van der Waals surface area contributed by atoms with E-state index in [1.54, 1.807) is 0 Å². The topological polar surface area (TPSA) is 39.7 Å². The van der Waals surface area contributed by atoms with Crippen LogP contribution in [-0.2, 0) is 0 Å². The van der Waals surface area contributed by atoms with Gasteiger partial charge in [0.1, 0.15) is 6.29 Å². The molecule has 9 heavy (non-hydrogen) atoms. The lowest BCUT2D eigenvalue weighted by atomic mass is 10.5. The summed E-state index contributed by atoms with van der Waals surface area (Å²) in [7, 11) is 3.92. The molecule has 1 heterocycles. The Morgan fingerprint density at radius 2 is 2.67 bits per heavy atom. The fraction of sp³-hybridized carbons (Fsp3) is 0.800. The molecular weight excluding hydrogens is 116 g/mol. The standard InChI is InChI=1S/C5H12N4/c1-6-5-8-7-3-4-9(5)2/h3,5-6,8H,4H2,1-2H3. The SMILES string of the molecule is CNC1NN=CCN1C. The summed E-state index contributed by atoms with van der Waals surface area (Å²) in [4.78, 5) is 2.12. The van der Waals surface area contributed by atoms with Crippen molar-refractivity contribution >= 4 is 6.21 Å². The van der Waals surface area contributed by atoms with Crippen LogP contribution in [0.1, 0.15) is 0 Å². The highest BCUT2D eigenvalue weighted by molar-refractivity contribution is 5.59. The van der Waals surface area contributed by atoms with Crippen LogP contribution in [0.4, 0.5) is 0 Å². The molecular formula is C5H12N4. The third-order valence-corrected chi connectivity index (χ3v) is 1.37. The molecule has 0 aliphatic carbocycles. The highest BCUT2D eigenvalue weighted by Gasteiger charge is 2.11. The zero-order chi connectivity index (χ0) is 6.69. The van der Waals surface area contributed by atoms with Gasteiger partial charge in [0.2, 0.25) is 0 Å². The number of hydrogen-bond acceptors (Lipinski definition) is 4. The van der Waals surface area contributed by atoms with E-state index in [1.165, 1.54) is 0 Å². The lowest BCUT2D eigenvalue weighted by molar-refractivity contribution is 0.192. The first kappa shape index (κ1) is 6.51. The molecule has 0 amide bonds. The quantitative estimate of drug-likeness (QED) is 0.476. The largest absolute Gasteiger partial charge is 0.287 e. The molecule has 0 fully saturated rings. The molecule has 0 aromatic heterocycles. The molecule has 1 aliphatic heterocycles. The second kappa shape index (κ2) is 2.80. The summed E-state index contributed by atoms with van der Waals surface area (Å²) < 4.78 is 0. The maximum atomic E-state index is 3.90. The second-order valence-electron chi connectivity index (χ2n) is 2.07. The molecule has 52 valence electrons. The molecule has 0 aromatic carbocycles. The van der Waals surface area contributed by atoms with Crippen molar-refractivity contribution < 1.29 is 0 Å². The number of nitrogens with zero attached hydrogens (tertiary/aromatic N) is 2. The lowest BCUT2D eigenvalue weighted by Crippen LogP contribution is -2.53. The summed E-state index contributed by atoms with van der Waals surface area (Å²) in [6, 6.07) is 0. The molecule has 1 unspecified atom stereocenters. The van der Waals surface area contributed by atoms with Crippen LogP contribution in [-0.4, -0.2) is 38.0 Å². The van der Waals surface area contributed by atoms with Crippen molar-refractivity contribution in [3.8, 4) is 0 Å². The molecule has 0 radical (unpaired) electrons. The highest BCUT2D eigenvalue weighted by Crippen LogP contribution is 1.89.